The topological polar surface area (TPSA) is 50.9 Å². The molecular formula is C14H25N3O. The summed E-state index contributed by atoms with van der Waals surface area (Å²) >= 11 is 0. The summed E-state index contributed by atoms with van der Waals surface area (Å²) in [5, 5.41) is 14.4. The monoisotopic (exact) mass is 251 g/mol. The largest absolute Gasteiger partial charge is 0.393 e. The fraction of sp³-hybridized carbons (Fsp3) is 0.857. The summed E-state index contributed by atoms with van der Waals surface area (Å²) in [5.41, 5.74) is 0. The van der Waals surface area contributed by atoms with Crippen molar-refractivity contribution in [3.8, 4) is 0 Å². The van der Waals surface area contributed by atoms with Crippen LogP contribution < -0.4 is 0 Å². The number of aliphatic hydroxyl groups excluding tert-OH is 1. The minimum Gasteiger partial charge on any atom is -0.393 e. The van der Waals surface area contributed by atoms with Crippen LogP contribution in [0.4, 0.5) is 0 Å². The maximum atomic E-state index is 10.2. The van der Waals surface area contributed by atoms with Crippen LogP contribution in [0.3, 0.4) is 0 Å². The normalized spacial score (nSPS) is 19.0. The highest BCUT2D eigenvalue weighted by atomic mass is 16.3. The average molecular weight is 251 g/mol. The predicted octanol–water partition coefficient (Wildman–Crippen LogP) is 2.56. The number of aryl methyl sites for hydroxylation is 1. The van der Waals surface area contributed by atoms with Crippen LogP contribution in [0.15, 0.2) is 6.33 Å². The lowest BCUT2D eigenvalue weighted by Gasteiger charge is -2.23. The molecule has 0 saturated heterocycles. The fourth-order valence-corrected chi connectivity index (χ4v) is 2.95. The van der Waals surface area contributed by atoms with E-state index in [1.54, 1.807) is 6.33 Å². The molecule has 1 heterocycles. The zero-order valence-corrected chi connectivity index (χ0v) is 11.4. The molecule has 1 unspecified atom stereocenters. The molecule has 0 bridgehead atoms. The molecule has 1 N–H and O–H groups in total. The molecule has 0 spiro atoms. The minimum absolute atomic E-state index is 0.257. The Morgan fingerprint density at radius 3 is 2.89 bits per heavy atom. The zero-order valence-electron chi connectivity index (χ0n) is 11.4. The first-order valence-corrected chi connectivity index (χ1v) is 7.34. The van der Waals surface area contributed by atoms with Crippen molar-refractivity contribution in [1.29, 1.82) is 0 Å². The summed E-state index contributed by atoms with van der Waals surface area (Å²) in [7, 11) is 0. The number of rotatable bonds is 6. The molecule has 2 rings (SSSR count). The number of nitrogens with zero attached hydrogens (tertiary/aromatic N) is 3. The zero-order chi connectivity index (χ0) is 12.8. The summed E-state index contributed by atoms with van der Waals surface area (Å²) in [5.74, 6) is 1.65. The van der Waals surface area contributed by atoms with Gasteiger partial charge in [-0.1, -0.05) is 39.0 Å². The van der Waals surface area contributed by atoms with Gasteiger partial charge in [-0.2, -0.15) is 5.10 Å². The molecule has 4 nitrogen and oxygen atoms in total. The fourth-order valence-electron chi connectivity index (χ4n) is 2.95. The lowest BCUT2D eigenvalue weighted by atomic mass is 9.85. The van der Waals surface area contributed by atoms with Gasteiger partial charge in [-0.3, -0.25) is 4.68 Å². The molecule has 1 aliphatic carbocycles. The molecule has 1 fully saturated rings. The highest BCUT2D eigenvalue weighted by molar-refractivity contribution is 4.88. The van der Waals surface area contributed by atoms with E-state index in [1.165, 1.54) is 32.1 Å². The van der Waals surface area contributed by atoms with Crippen LogP contribution in [0.2, 0.25) is 0 Å². The van der Waals surface area contributed by atoms with Gasteiger partial charge in [0, 0.05) is 13.0 Å². The van der Waals surface area contributed by atoms with E-state index < -0.39 is 0 Å². The number of aromatic nitrogens is 3. The van der Waals surface area contributed by atoms with E-state index in [2.05, 4.69) is 17.0 Å². The second-order valence-corrected chi connectivity index (χ2v) is 5.50. The van der Waals surface area contributed by atoms with Crippen LogP contribution in [0, 0.1) is 5.92 Å². The molecule has 1 aromatic rings. The van der Waals surface area contributed by atoms with Crippen molar-refractivity contribution >= 4 is 0 Å². The van der Waals surface area contributed by atoms with Crippen LogP contribution in [-0.4, -0.2) is 26.0 Å². The van der Waals surface area contributed by atoms with E-state index in [0.717, 1.165) is 31.1 Å². The van der Waals surface area contributed by atoms with E-state index >= 15 is 0 Å². The van der Waals surface area contributed by atoms with E-state index in [-0.39, 0.29) is 6.10 Å². The maximum absolute atomic E-state index is 10.2. The van der Waals surface area contributed by atoms with Crippen molar-refractivity contribution in [1.82, 2.24) is 14.8 Å². The Morgan fingerprint density at radius 1 is 1.39 bits per heavy atom. The van der Waals surface area contributed by atoms with Gasteiger partial charge in [0.15, 0.2) is 0 Å². The number of aliphatic hydroxyl groups is 1. The minimum atomic E-state index is -0.257. The first-order valence-electron chi connectivity index (χ1n) is 7.34. The summed E-state index contributed by atoms with van der Waals surface area (Å²) in [4.78, 5) is 4.26. The van der Waals surface area contributed by atoms with Crippen molar-refractivity contribution < 1.29 is 5.11 Å². The summed E-state index contributed by atoms with van der Waals surface area (Å²) < 4.78 is 1.92. The molecule has 102 valence electrons. The third-order valence-electron chi connectivity index (χ3n) is 3.88. The van der Waals surface area contributed by atoms with Crippen LogP contribution >= 0.6 is 0 Å². The van der Waals surface area contributed by atoms with E-state index in [9.17, 15) is 5.11 Å². The van der Waals surface area contributed by atoms with Crippen LogP contribution in [0.25, 0.3) is 0 Å². The van der Waals surface area contributed by atoms with Gasteiger partial charge < -0.3 is 5.11 Å². The second-order valence-electron chi connectivity index (χ2n) is 5.50. The lowest BCUT2D eigenvalue weighted by Crippen LogP contribution is -2.20. The number of hydrogen-bond donors (Lipinski definition) is 1. The quantitative estimate of drug-likeness (QED) is 0.845. The molecule has 0 amide bonds. The summed E-state index contributed by atoms with van der Waals surface area (Å²) in [6.45, 7) is 3.02. The average Bonchev–Trinajstić information content (AvgIpc) is 2.78. The molecule has 0 aromatic carbocycles. The van der Waals surface area contributed by atoms with Gasteiger partial charge in [0.2, 0.25) is 0 Å². The van der Waals surface area contributed by atoms with Crippen molar-refractivity contribution in [3.05, 3.63) is 12.2 Å². The summed E-state index contributed by atoms with van der Waals surface area (Å²) in [6.07, 6.45) is 10.6. The van der Waals surface area contributed by atoms with Gasteiger partial charge >= 0.3 is 0 Å². The van der Waals surface area contributed by atoms with Crippen molar-refractivity contribution in [2.45, 2.75) is 70.9 Å². The van der Waals surface area contributed by atoms with Crippen LogP contribution in [0.1, 0.15) is 57.7 Å². The molecule has 18 heavy (non-hydrogen) atoms. The Labute approximate surface area is 109 Å². The van der Waals surface area contributed by atoms with Crippen molar-refractivity contribution in [2.75, 3.05) is 0 Å². The molecule has 0 radical (unpaired) electrons. The third kappa shape index (κ3) is 3.80. The van der Waals surface area contributed by atoms with Gasteiger partial charge in [0.25, 0.3) is 0 Å². The number of hydrogen-bond acceptors (Lipinski definition) is 3. The van der Waals surface area contributed by atoms with E-state index in [1.807, 2.05) is 4.68 Å². The van der Waals surface area contributed by atoms with Crippen LogP contribution in [0.5, 0.6) is 0 Å². The smallest absolute Gasteiger partial charge is 0.138 e. The van der Waals surface area contributed by atoms with Crippen molar-refractivity contribution in [3.63, 3.8) is 0 Å². The van der Waals surface area contributed by atoms with Gasteiger partial charge in [-0.25, -0.2) is 4.98 Å². The highest BCUT2D eigenvalue weighted by Gasteiger charge is 2.19. The van der Waals surface area contributed by atoms with Gasteiger partial charge in [-0.05, 0) is 18.8 Å². The molecule has 1 aromatic heterocycles. The first kappa shape index (κ1) is 13.5. The Balaban J connectivity index is 1.82. The summed E-state index contributed by atoms with van der Waals surface area (Å²) in [6, 6.07) is 0. The maximum Gasteiger partial charge on any atom is 0.138 e. The molecule has 1 aliphatic rings. The molecule has 0 aliphatic heterocycles. The second kappa shape index (κ2) is 6.88. The van der Waals surface area contributed by atoms with E-state index in [4.69, 9.17) is 0 Å². The highest BCUT2D eigenvalue weighted by Crippen LogP contribution is 2.27. The van der Waals surface area contributed by atoms with Crippen LogP contribution in [-0.2, 0) is 13.0 Å². The molecule has 4 heteroatoms. The van der Waals surface area contributed by atoms with Crippen molar-refractivity contribution in [2.24, 2.45) is 5.92 Å². The van der Waals surface area contributed by atoms with Gasteiger partial charge in [0.05, 0.1) is 6.10 Å². The third-order valence-corrected chi connectivity index (χ3v) is 3.88. The molecular weight excluding hydrogens is 226 g/mol. The first-order chi connectivity index (χ1) is 8.79. The molecule has 1 saturated carbocycles. The Kier molecular flexibility index (Phi) is 5.17. The SMILES string of the molecule is CCCn1ncnc1CC(O)CC1CCCCC1. The Hall–Kier alpha value is -0.900. The van der Waals surface area contributed by atoms with Gasteiger partial charge in [0.1, 0.15) is 12.2 Å². The Bertz CT molecular complexity index is 345. The molecule has 1 atom stereocenters. The Morgan fingerprint density at radius 2 is 2.17 bits per heavy atom. The predicted molar refractivity (Wildman–Crippen MR) is 71.2 cm³/mol. The standard InChI is InChI=1S/C14H25N3O/c1-2-8-17-14(15-11-16-17)10-13(18)9-12-6-4-3-5-7-12/h11-13,18H,2-10H2,1H3. The van der Waals surface area contributed by atoms with Gasteiger partial charge in [-0.15, -0.1) is 0 Å². The lowest BCUT2D eigenvalue weighted by molar-refractivity contribution is 0.127. The van der Waals surface area contributed by atoms with E-state index in [0.29, 0.717) is 6.42 Å².